The van der Waals surface area contributed by atoms with E-state index in [0.29, 0.717) is 18.7 Å². The van der Waals surface area contributed by atoms with Gasteiger partial charge in [0.25, 0.3) is 0 Å². The summed E-state index contributed by atoms with van der Waals surface area (Å²) in [5, 5.41) is 3.77. The van der Waals surface area contributed by atoms with Gasteiger partial charge < -0.3 is 4.52 Å². The summed E-state index contributed by atoms with van der Waals surface area (Å²) in [6.07, 6.45) is 2.97. The van der Waals surface area contributed by atoms with Crippen LogP contribution in [-0.2, 0) is 28.4 Å². The average molecular weight is 308 g/mol. The Kier molecular flexibility index (Phi) is 5.50. The minimum Gasteiger partial charge on any atom is -0.338 e. The molecule has 6 heteroatoms. The maximum Gasteiger partial charge on any atom is 0.241 e. The van der Waals surface area contributed by atoms with Gasteiger partial charge in [0.05, 0.1) is 5.75 Å². The van der Waals surface area contributed by atoms with Crippen LogP contribution >= 0.6 is 0 Å². The number of hydrogen-bond acceptors (Lipinski definition) is 5. The fourth-order valence-corrected chi connectivity index (χ4v) is 3.30. The highest BCUT2D eigenvalue weighted by molar-refractivity contribution is 7.90. The zero-order valence-electron chi connectivity index (χ0n) is 12.2. The molecule has 0 spiro atoms. The number of hydrogen-bond donors (Lipinski definition) is 0. The molecule has 0 N–H and O–H groups in total. The van der Waals surface area contributed by atoms with Crippen LogP contribution in [0, 0.1) is 0 Å². The highest BCUT2D eigenvalue weighted by Gasteiger charge is 2.17. The summed E-state index contributed by atoms with van der Waals surface area (Å²) in [6.45, 7) is 2.01. The van der Waals surface area contributed by atoms with E-state index in [9.17, 15) is 8.42 Å². The van der Waals surface area contributed by atoms with Crippen molar-refractivity contribution < 1.29 is 12.9 Å². The monoisotopic (exact) mass is 308 g/mol. The molecule has 2 aromatic rings. The maximum absolute atomic E-state index is 12.0. The van der Waals surface area contributed by atoms with Gasteiger partial charge >= 0.3 is 0 Å². The van der Waals surface area contributed by atoms with Crippen LogP contribution in [0.15, 0.2) is 34.9 Å². The van der Waals surface area contributed by atoms with Crippen molar-refractivity contribution in [3.8, 4) is 0 Å². The third-order valence-electron chi connectivity index (χ3n) is 3.09. The molecule has 1 heterocycles. The van der Waals surface area contributed by atoms with Crippen molar-refractivity contribution in [3.63, 3.8) is 0 Å². The molecule has 0 aliphatic rings. The van der Waals surface area contributed by atoms with Crippen LogP contribution in [0.4, 0.5) is 0 Å². The van der Waals surface area contributed by atoms with Gasteiger partial charge in [-0.25, -0.2) is 8.42 Å². The van der Waals surface area contributed by atoms with Crippen LogP contribution in [0.1, 0.15) is 37.0 Å². The van der Waals surface area contributed by atoms with Crippen molar-refractivity contribution in [1.82, 2.24) is 10.1 Å². The summed E-state index contributed by atoms with van der Waals surface area (Å²) in [6, 6.07) is 9.86. The van der Waals surface area contributed by atoms with Crippen molar-refractivity contribution >= 4 is 9.84 Å². The van der Waals surface area contributed by atoms with Gasteiger partial charge in [0.15, 0.2) is 15.7 Å². The lowest BCUT2D eigenvalue weighted by Gasteiger charge is -2.02. The Morgan fingerprint density at radius 3 is 2.62 bits per heavy atom. The Bertz CT molecular complexity index is 651. The van der Waals surface area contributed by atoms with Crippen LogP contribution in [0.25, 0.3) is 0 Å². The summed E-state index contributed by atoms with van der Waals surface area (Å²) in [5.74, 6) is 0.733. The average Bonchev–Trinajstić information content (AvgIpc) is 2.86. The van der Waals surface area contributed by atoms with Crippen molar-refractivity contribution in [1.29, 1.82) is 0 Å². The van der Waals surface area contributed by atoms with Crippen molar-refractivity contribution in [2.24, 2.45) is 0 Å². The highest BCUT2D eigenvalue weighted by atomic mass is 32.2. The fraction of sp³-hybridized carbons (Fsp3) is 0.467. The first-order chi connectivity index (χ1) is 10.1. The van der Waals surface area contributed by atoms with Gasteiger partial charge in [-0.15, -0.1) is 0 Å². The van der Waals surface area contributed by atoms with Crippen LogP contribution in [0.3, 0.4) is 0 Å². The lowest BCUT2D eigenvalue weighted by atomic mass is 10.1. The first-order valence-corrected chi connectivity index (χ1v) is 8.97. The molecule has 1 aromatic carbocycles. The van der Waals surface area contributed by atoms with Gasteiger partial charge in [0.2, 0.25) is 5.89 Å². The Morgan fingerprint density at radius 1 is 1.14 bits per heavy atom. The van der Waals surface area contributed by atoms with E-state index in [0.717, 1.165) is 18.4 Å². The molecule has 1 aromatic heterocycles. The molecule has 5 nitrogen and oxygen atoms in total. The van der Waals surface area contributed by atoms with E-state index in [1.54, 1.807) is 0 Å². The Balaban J connectivity index is 1.83. The van der Waals surface area contributed by atoms with Gasteiger partial charge in [-0.2, -0.15) is 4.98 Å². The van der Waals surface area contributed by atoms with E-state index in [-0.39, 0.29) is 17.4 Å². The van der Waals surface area contributed by atoms with E-state index >= 15 is 0 Å². The summed E-state index contributed by atoms with van der Waals surface area (Å²) in [7, 11) is -3.20. The van der Waals surface area contributed by atoms with E-state index < -0.39 is 9.84 Å². The zero-order valence-corrected chi connectivity index (χ0v) is 13.0. The first kappa shape index (κ1) is 15.7. The second-order valence-corrected chi connectivity index (χ2v) is 7.22. The predicted octanol–water partition coefficient (Wildman–Crippen LogP) is 2.57. The Morgan fingerprint density at radius 2 is 1.90 bits per heavy atom. The first-order valence-electron chi connectivity index (χ1n) is 7.15. The minimum absolute atomic E-state index is 0.132. The summed E-state index contributed by atoms with van der Waals surface area (Å²) >= 11 is 0. The molecule has 0 radical (unpaired) electrons. The van der Waals surface area contributed by atoms with Crippen LogP contribution in [-0.4, -0.2) is 24.3 Å². The fourth-order valence-electron chi connectivity index (χ4n) is 2.08. The van der Waals surface area contributed by atoms with E-state index in [1.807, 2.05) is 37.3 Å². The van der Waals surface area contributed by atoms with E-state index in [1.165, 1.54) is 0 Å². The molecule has 0 fully saturated rings. The highest BCUT2D eigenvalue weighted by Crippen LogP contribution is 2.09. The molecule has 0 aliphatic carbocycles. The Labute approximate surface area is 125 Å². The van der Waals surface area contributed by atoms with E-state index in [4.69, 9.17) is 4.52 Å². The second kappa shape index (κ2) is 7.36. The number of benzene rings is 1. The number of aromatic nitrogens is 2. The topological polar surface area (TPSA) is 73.1 Å². The van der Waals surface area contributed by atoms with Crippen LogP contribution < -0.4 is 0 Å². The summed E-state index contributed by atoms with van der Waals surface area (Å²) < 4.78 is 29.0. The Hall–Kier alpha value is -1.69. The van der Waals surface area contributed by atoms with Crippen LogP contribution in [0.5, 0.6) is 0 Å². The molecule has 0 unspecified atom stereocenters. The number of aryl methyl sites for hydroxylation is 2. The normalized spacial score (nSPS) is 11.7. The number of nitrogens with zero attached hydrogens (tertiary/aromatic N) is 2. The quantitative estimate of drug-likeness (QED) is 0.749. The SMILES string of the molecule is CCCc1noc(CS(=O)(=O)CCCc2ccccc2)n1. The maximum atomic E-state index is 12.0. The number of sulfone groups is 1. The van der Waals surface area contributed by atoms with Gasteiger partial charge in [0, 0.05) is 6.42 Å². The minimum atomic E-state index is -3.20. The van der Waals surface area contributed by atoms with Gasteiger partial charge in [-0.3, -0.25) is 0 Å². The van der Waals surface area contributed by atoms with Crippen molar-refractivity contribution in [2.45, 2.75) is 38.4 Å². The molecule has 0 aliphatic heterocycles. The molecular weight excluding hydrogens is 288 g/mol. The standard InChI is InChI=1S/C15H20N2O3S/c1-2-7-14-16-15(20-17-14)12-21(18,19)11-6-10-13-8-4-3-5-9-13/h3-5,8-9H,2,6-7,10-12H2,1H3. The van der Waals surface area contributed by atoms with Gasteiger partial charge in [-0.1, -0.05) is 42.4 Å². The van der Waals surface area contributed by atoms with Crippen molar-refractivity contribution in [2.75, 3.05) is 5.75 Å². The lowest BCUT2D eigenvalue weighted by Crippen LogP contribution is -2.10. The summed E-state index contributed by atoms with van der Waals surface area (Å²) in [5.41, 5.74) is 1.15. The lowest BCUT2D eigenvalue weighted by molar-refractivity contribution is 0.382. The third-order valence-corrected chi connectivity index (χ3v) is 4.69. The molecule has 0 saturated heterocycles. The predicted molar refractivity (Wildman–Crippen MR) is 80.5 cm³/mol. The molecule has 114 valence electrons. The molecule has 0 atom stereocenters. The smallest absolute Gasteiger partial charge is 0.241 e. The molecular formula is C15H20N2O3S. The molecule has 21 heavy (non-hydrogen) atoms. The second-order valence-electron chi connectivity index (χ2n) is 5.04. The molecule has 0 saturated carbocycles. The third kappa shape index (κ3) is 5.30. The number of rotatable bonds is 8. The van der Waals surface area contributed by atoms with Gasteiger partial charge in [-0.05, 0) is 24.8 Å². The van der Waals surface area contributed by atoms with Crippen LogP contribution in [0.2, 0.25) is 0 Å². The van der Waals surface area contributed by atoms with Crippen molar-refractivity contribution in [3.05, 3.63) is 47.6 Å². The molecule has 0 amide bonds. The largest absolute Gasteiger partial charge is 0.338 e. The van der Waals surface area contributed by atoms with Gasteiger partial charge in [0.1, 0.15) is 5.75 Å². The molecule has 2 rings (SSSR count). The van der Waals surface area contributed by atoms with E-state index in [2.05, 4.69) is 10.1 Å². The molecule has 0 bridgehead atoms. The zero-order chi connectivity index (χ0) is 15.1. The summed E-state index contributed by atoms with van der Waals surface area (Å²) in [4.78, 5) is 4.09.